The van der Waals surface area contributed by atoms with E-state index in [-0.39, 0.29) is 18.2 Å². The molecule has 7 nitrogen and oxygen atoms in total. The fourth-order valence-corrected chi connectivity index (χ4v) is 5.37. The highest BCUT2D eigenvalue weighted by Crippen LogP contribution is 2.53. The molecule has 1 heterocycles. The van der Waals surface area contributed by atoms with Crippen LogP contribution in [0.3, 0.4) is 0 Å². The second-order valence-corrected chi connectivity index (χ2v) is 10.0. The van der Waals surface area contributed by atoms with E-state index in [1.807, 2.05) is 30.3 Å². The molecule has 36 heavy (non-hydrogen) atoms. The van der Waals surface area contributed by atoms with E-state index in [1.165, 1.54) is 7.11 Å². The molecule has 198 valence electrons. The van der Waals surface area contributed by atoms with E-state index >= 15 is 0 Å². The van der Waals surface area contributed by atoms with Gasteiger partial charge in [0.25, 0.3) is 0 Å². The molecule has 0 saturated carbocycles. The Hall–Kier alpha value is -2.38. The lowest BCUT2D eigenvalue weighted by Gasteiger charge is -2.31. The van der Waals surface area contributed by atoms with Crippen molar-refractivity contribution in [3.8, 4) is 0 Å². The largest absolute Gasteiger partial charge is 0.468 e. The zero-order valence-corrected chi connectivity index (χ0v) is 22.3. The van der Waals surface area contributed by atoms with Crippen molar-refractivity contribution >= 4 is 29.4 Å². The highest BCUT2D eigenvalue weighted by molar-refractivity contribution is 6.30. The lowest BCUT2D eigenvalue weighted by molar-refractivity contribution is -0.155. The van der Waals surface area contributed by atoms with E-state index in [1.54, 1.807) is 4.90 Å². The number of esters is 1. The van der Waals surface area contributed by atoms with Gasteiger partial charge in [0, 0.05) is 43.4 Å². The van der Waals surface area contributed by atoms with Crippen LogP contribution in [0, 0.1) is 11.3 Å². The summed E-state index contributed by atoms with van der Waals surface area (Å²) in [6.07, 6.45) is 8.40. The second kappa shape index (κ2) is 13.8. The molecule has 0 unspecified atom stereocenters. The predicted molar refractivity (Wildman–Crippen MR) is 139 cm³/mol. The van der Waals surface area contributed by atoms with Crippen molar-refractivity contribution in [3.05, 3.63) is 46.6 Å². The Morgan fingerprint density at radius 3 is 2.64 bits per heavy atom. The molecule has 8 heteroatoms. The van der Waals surface area contributed by atoms with Gasteiger partial charge in [-0.05, 0) is 56.2 Å². The number of methoxy groups -OCH3 is 1. The quantitative estimate of drug-likeness (QED) is 0.303. The third kappa shape index (κ3) is 6.68. The summed E-state index contributed by atoms with van der Waals surface area (Å²) >= 11 is 6.01. The molecule has 0 spiro atoms. The molecule has 3 rings (SSSR count). The van der Waals surface area contributed by atoms with E-state index in [9.17, 15) is 14.4 Å². The van der Waals surface area contributed by atoms with Crippen LogP contribution in [-0.2, 0) is 30.3 Å². The number of amides is 2. The number of hydrogen-bond donors (Lipinski definition) is 1. The summed E-state index contributed by atoms with van der Waals surface area (Å²) in [6.45, 7) is 4.32. The van der Waals surface area contributed by atoms with Gasteiger partial charge in [0.15, 0.2) is 0 Å². The first-order valence-electron chi connectivity index (χ1n) is 13.1. The molecular weight excluding hydrogens is 480 g/mol. The SMILES string of the molecule is CCCCOCCCNC(=O)C[C@@H]1C(=O)N(CCc2ccc(Cl)cc2)C2=CCCCC[C@]21C(=O)OC. The Labute approximate surface area is 219 Å². The van der Waals surface area contributed by atoms with Crippen LogP contribution < -0.4 is 5.32 Å². The standard InChI is InChI=1S/C28H39ClN2O5/c1-3-4-18-36-19-8-16-30-25(32)20-23-26(33)31(17-14-21-10-12-22(29)13-11-21)24-9-6-5-7-15-28(23,24)27(34)35-2/h9-13,23H,3-8,14-20H2,1-2H3,(H,30,32)/t23-,28-/m1/s1. The third-order valence-electron chi connectivity index (χ3n) is 7.18. The average Bonchev–Trinajstić information content (AvgIpc) is 3.00. The summed E-state index contributed by atoms with van der Waals surface area (Å²) < 4.78 is 10.8. The van der Waals surface area contributed by atoms with Crippen LogP contribution in [0.15, 0.2) is 36.0 Å². The normalized spacial score (nSPS) is 21.5. The first kappa shape index (κ1) is 28.2. The molecule has 1 aliphatic heterocycles. The maximum absolute atomic E-state index is 13.8. The summed E-state index contributed by atoms with van der Waals surface area (Å²) in [5.41, 5.74) is 0.628. The molecule has 0 bridgehead atoms. The number of carbonyl (C=O) groups is 3. The fraction of sp³-hybridized carbons (Fsp3) is 0.607. The number of nitrogens with one attached hydrogen (secondary N) is 1. The van der Waals surface area contributed by atoms with Crippen LogP contribution in [-0.4, -0.2) is 56.1 Å². The molecule has 0 aromatic heterocycles. The molecule has 2 amide bonds. The Balaban J connectivity index is 1.73. The first-order chi connectivity index (χ1) is 17.4. The van der Waals surface area contributed by atoms with Gasteiger partial charge >= 0.3 is 5.97 Å². The van der Waals surface area contributed by atoms with Gasteiger partial charge in [0.05, 0.1) is 13.0 Å². The topological polar surface area (TPSA) is 84.9 Å². The zero-order chi connectivity index (χ0) is 26.0. The number of carbonyl (C=O) groups excluding carboxylic acids is 3. The highest BCUT2D eigenvalue weighted by atomic mass is 35.5. The summed E-state index contributed by atoms with van der Waals surface area (Å²) in [6, 6.07) is 7.53. The molecule has 1 aromatic carbocycles. The van der Waals surface area contributed by atoms with Crippen LogP contribution >= 0.6 is 11.6 Å². The van der Waals surface area contributed by atoms with Crippen molar-refractivity contribution in [1.82, 2.24) is 10.2 Å². The molecule has 2 aliphatic rings. The monoisotopic (exact) mass is 518 g/mol. The van der Waals surface area contributed by atoms with Gasteiger partial charge in [-0.3, -0.25) is 14.4 Å². The predicted octanol–water partition coefficient (Wildman–Crippen LogP) is 4.67. The Bertz CT molecular complexity index is 932. The number of benzene rings is 1. The van der Waals surface area contributed by atoms with Crippen LogP contribution in [0.4, 0.5) is 0 Å². The summed E-state index contributed by atoms with van der Waals surface area (Å²) in [5.74, 6) is -1.62. The fourth-order valence-electron chi connectivity index (χ4n) is 5.24. The van der Waals surface area contributed by atoms with Crippen molar-refractivity contribution in [3.63, 3.8) is 0 Å². The number of fused-ring (bicyclic) bond motifs is 1. The van der Waals surface area contributed by atoms with E-state index < -0.39 is 17.3 Å². The maximum atomic E-state index is 13.8. The van der Waals surface area contributed by atoms with Gasteiger partial charge in [-0.1, -0.05) is 49.6 Å². The van der Waals surface area contributed by atoms with Crippen LogP contribution in [0.1, 0.15) is 63.9 Å². The van der Waals surface area contributed by atoms with Crippen LogP contribution in [0.5, 0.6) is 0 Å². The van der Waals surface area contributed by atoms with Gasteiger partial charge in [-0.25, -0.2) is 0 Å². The maximum Gasteiger partial charge on any atom is 0.318 e. The van der Waals surface area contributed by atoms with Gasteiger partial charge in [-0.15, -0.1) is 0 Å². The number of unbranched alkanes of at least 4 members (excludes halogenated alkanes) is 1. The zero-order valence-electron chi connectivity index (χ0n) is 21.5. The summed E-state index contributed by atoms with van der Waals surface area (Å²) in [7, 11) is 1.36. The Kier molecular flexibility index (Phi) is 10.8. The molecule has 1 aliphatic carbocycles. The number of allylic oxidation sites excluding steroid dienone is 1. The number of likely N-dealkylation sites (tertiary alicyclic amines) is 1. The molecule has 1 fully saturated rings. The molecule has 2 atom stereocenters. The van der Waals surface area contributed by atoms with Crippen molar-refractivity contribution in [2.75, 3.05) is 33.4 Å². The van der Waals surface area contributed by atoms with Gasteiger partial charge in [0.1, 0.15) is 5.41 Å². The number of hydrogen-bond acceptors (Lipinski definition) is 5. The number of rotatable bonds is 13. The van der Waals surface area contributed by atoms with Crippen molar-refractivity contribution < 1.29 is 23.9 Å². The lowest BCUT2D eigenvalue weighted by Crippen LogP contribution is -2.41. The lowest BCUT2D eigenvalue weighted by atomic mass is 9.71. The van der Waals surface area contributed by atoms with E-state index in [0.717, 1.165) is 44.3 Å². The van der Waals surface area contributed by atoms with Gasteiger partial charge < -0.3 is 19.7 Å². The van der Waals surface area contributed by atoms with E-state index in [2.05, 4.69) is 12.2 Å². The smallest absolute Gasteiger partial charge is 0.318 e. The Morgan fingerprint density at radius 2 is 1.92 bits per heavy atom. The molecule has 1 aromatic rings. The van der Waals surface area contributed by atoms with Crippen LogP contribution in [0.2, 0.25) is 5.02 Å². The van der Waals surface area contributed by atoms with E-state index in [0.29, 0.717) is 49.7 Å². The number of halogens is 1. The summed E-state index contributed by atoms with van der Waals surface area (Å²) in [5, 5.41) is 3.57. The minimum Gasteiger partial charge on any atom is -0.468 e. The third-order valence-corrected chi connectivity index (χ3v) is 7.43. The van der Waals surface area contributed by atoms with Gasteiger partial charge in [0.2, 0.25) is 11.8 Å². The molecule has 0 radical (unpaired) electrons. The highest BCUT2D eigenvalue weighted by Gasteiger charge is 2.61. The van der Waals surface area contributed by atoms with E-state index in [4.69, 9.17) is 21.1 Å². The second-order valence-electron chi connectivity index (χ2n) is 9.59. The van der Waals surface area contributed by atoms with Crippen molar-refractivity contribution in [1.29, 1.82) is 0 Å². The minimum absolute atomic E-state index is 0.0423. The number of nitrogens with zero attached hydrogens (tertiary/aromatic N) is 1. The summed E-state index contributed by atoms with van der Waals surface area (Å²) in [4.78, 5) is 41.7. The first-order valence-corrected chi connectivity index (χ1v) is 13.5. The molecule has 1 N–H and O–H groups in total. The number of ether oxygens (including phenoxy) is 2. The molecule has 1 saturated heterocycles. The Morgan fingerprint density at radius 1 is 1.17 bits per heavy atom. The van der Waals surface area contributed by atoms with Crippen LogP contribution in [0.25, 0.3) is 0 Å². The minimum atomic E-state index is -1.12. The van der Waals surface area contributed by atoms with Crippen molar-refractivity contribution in [2.45, 2.75) is 64.7 Å². The van der Waals surface area contributed by atoms with Gasteiger partial charge in [-0.2, -0.15) is 0 Å². The molecular formula is C28H39ClN2O5. The van der Waals surface area contributed by atoms with Crippen molar-refractivity contribution in [2.24, 2.45) is 11.3 Å². The average molecular weight is 519 g/mol.